The third-order valence-electron chi connectivity index (χ3n) is 8.39. The summed E-state index contributed by atoms with van der Waals surface area (Å²) >= 11 is 0. The van der Waals surface area contributed by atoms with Crippen LogP contribution in [0, 0.1) is 0 Å². The number of para-hydroxylation sites is 2. The molecule has 0 N–H and O–H groups in total. The summed E-state index contributed by atoms with van der Waals surface area (Å²) in [4.78, 5) is 0. The quantitative estimate of drug-likeness (QED) is 0.207. The molecule has 162 valence electrons. The molecule has 0 saturated carbocycles. The molecule has 2 aliphatic rings. The van der Waals surface area contributed by atoms with Gasteiger partial charge in [-0.05, 0) is 93.1 Å². The van der Waals surface area contributed by atoms with Crippen molar-refractivity contribution in [2.45, 2.75) is 12.8 Å². The summed E-state index contributed by atoms with van der Waals surface area (Å²) in [7, 11) is 0. The highest BCUT2D eigenvalue weighted by Gasteiger charge is 2.29. The maximum Gasteiger partial charge on any atom is 0.0547 e. The molecule has 2 heterocycles. The molecule has 0 radical (unpaired) electrons. The molecule has 2 aliphatic carbocycles. The van der Waals surface area contributed by atoms with Crippen LogP contribution in [-0.4, -0.2) is 4.40 Å². The van der Waals surface area contributed by atoms with Crippen molar-refractivity contribution in [3.63, 3.8) is 0 Å². The number of nitrogens with zero attached hydrogens (tertiary/aromatic N) is 1. The second kappa shape index (κ2) is 6.20. The lowest BCUT2D eigenvalue weighted by atomic mass is 9.95. The van der Waals surface area contributed by atoms with Gasteiger partial charge in [-0.3, -0.25) is 0 Å². The highest BCUT2D eigenvalue weighted by atomic mass is 14.9. The molecule has 2 aromatic heterocycles. The normalized spacial score (nSPS) is 13.5. The van der Waals surface area contributed by atoms with Crippen LogP contribution in [0.15, 0.2) is 103 Å². The summed E-state index contributed by atoms with van der Waals surface area (Å²) in [5, 5.41) is 5.32. The van der Waals surface area contributed by atoms with Gasteiger partial charge in [-0.1, -0.05) is 72.8 Å². The molecule has 0 spiro atoms. The number of pyridine rings is 1. The first kappa shape index (κ1) is 18.0. The molecule has 35 heavy (non-hydrogen) atoms. The third-order valence-corrected chi connectivity index (χ3v) is 8.39. The molecule has 0 bridgehead atoms. The topological polar surface area (TPSA) is 4.41 Å². The van der Waals surface area contributed by atoms with E-state index in [4.69, 9.17) is 0 Å². The van der Waals surface area contributed by atoms with Crippen molar-refractivity contribution in [1.29, 1.82) is 0 Å². The van der Waals surface area contributed by atoms with Crippen molar-refractivity contribution >= 4 is 38.1 Å². The van der Waals surface area contributed by atoms with E-state index in [0.717, 1.165) is 12.8 Å². The van der Waals surface area contributed by atoms with Crippen molar-refractivity contribution in [2.24, 2.45) is 0 Å². The Balaban J connectivity index is 1.41. The van der Waals surface area contributed by atoms with Crippen LogP contribution in [0.5, 0.6) is 0 Å². The molecule has 1 heteroatoms. The van der Waals surface area contributed by atoms with Gasteiger partial charge in [0.15, 0.2) is 0 Å². The van der Waals surface area contributed by atoms with Crippen molar-refractivity contribution < 1.29 is 0 Å². The summed E-state index contributed by atoms with van der Waals surface area (Å²) in [6, 6.07) is 38.7. The average molecular weight is 444 g/mol. The van der Waals surface area contributed by atoms with Gasteiger partial charge in [0, 0.05) is 16.2 Å². The maximum absolute atomic E-state index is 2.48. The molecular formula is C34H21N. The first-order chi connectivity index (χ1) is 17.3. The molecule has 0 amide bonds. The summed E-state index contributed by atoms with van der Waals surface area (Å²) in [5.41, 5.74) is 15.5. The lowest BCUT2D eigenvalue weighted by Gasteiger charge is -2.12. The van der Waals surface area contributed by atoms with Crippen molar-refractivity contribution in [1.82, 2.24) is 4.40 Å². The maximum atomic E-state index is 2.48. The van der Waals surface area contributed by atoms with Gasteiger partial charge in [0.05, 0.1) is 16.6 Å². The van der Waals surface area contributed by atoms with E-state index in [1.54, 1.807) is 0 Å². The van der Waals surface area contributed by atoms with Gasteiger partial charge in [0.1, 0.15) is 0 Å². The minimum absolute atomic E-state index is 1.01. The number of benzene rings is 5. The summed E-state index contributed by atoms with van der Waals surface area (Å²) in [5.74, 6) is 0. The predicted octanol–water partition coefficient (Wildman–Crippen LogP) is 8.54. The van der Waals surface area contributed by atoms with Gasteiger partial charge in [0.2, 0.25) is 0 Å². The number of fused-ring (bicyclic) bond motifs is 15. The first-order valence-electron chi connectivity index (χ1n) is 12.5. The zero-order chi connectivity index (χ0) is 22.7. The van der Waals surface area contributed by atoms with Crippen LogP contribution in [-0.2, 0) is 12.8 Å². The third kappa shape index (κ3) is 2.19. The van der Waals surface area contributed by atoms with Gasteiger partial charge < -0.3 is 4.40 Å². The van der Waals surface area contributed by atoms with Crippen LogP contribution in [0.4, 0.5) is 0 Å². The smallest absolute Gasteiger partial charge is 0.0547 e. The summed E-state index contributed by atoms with van der Waals surface area (Å²) < 4.78 is 2.45. The lowest BCUT2D eigenvalue weighted by Crippen LogP contribution is -1.92. The van der Waals surface area contributed by atoms with E-state index in [2.05, 4.69) is 108 Å². The molecule has 7 aromatic rings. The van der Waals surface area contributed by atoms with E-state index in [9.17, 15) is 0 Å². The Labute approximate surface area is 202 Å². The fourth-order valence-corrected chi connectivity index (χ4v) is 6.91. The number of hydrogen-bond donors (Lipinski definition) is 0. The zero-order valence-corrected chi connectivity index (χ0v) is 19.2. The Morgan fingerprint density at radius 2 is 1.29 bits per heavy atom. The van der Waals surface area contributed by atoms with E-state index in [1.165, 1.54) is 82.6 Å². The van der Waals surface area contributed by atoms with Gasteiger partial charge in [-0.25, -0.2) is 0 Å². The number of rotatable bonds is 0. The van der Waals surface area contributed by atoms with Crippen LogP contribution in [0.2, 0.25) is 0 Å². The summed E-state index contributed by atoms with van der Waals surface area (Å²) in [6.45, 7) is 0. The average Bonchev–Trinajstić information content (AvgIpc) is 3.58. The first-order valence-corrected chi connectivity index (χ1v) is 12.5. The van der Waals surface area contributed by atoms with Gasteiger partial charge >= 0.3 is 0 Å². The van der Waals surface area contributed by atoms with E-state index < -0.39 is 0 Å². The van der Waals surface area contributed by atoms with E-state index in [0.29, 0.717) is 0 Å². The predicted molar refractivity (Wildman–Crippen MR) is 146 cm³/mol. The largest absolute Gasteiger partial charge is 0.309 e. The highest BCUT2D eigenvalue weighted by molar-refractivity contribution is 6.17. The van der Waals surface area contributed by atoms with Crippen LogP contribution < -0.4 is 0 Å². The molecule has 5 aromatic carbocycles. The van der Waals surface area contributed by atoms with Gasteiger partial charge in [0.25, 0.3) is 0 Å². The van der Waals surface area contributed by atoms with Crippen LogP contribution >= 0.6 is 0 Å². The standard InChI is InChI=1S/C34H21N/c1-3-9-24-20(7-1)15-22-13-14-25-27-19-29-28(16-23(27)17-30(25)34(22)24)26-10-4-6-12-32(26)35-31-11-5-2-8-21(31)18-33(29)35/h1-14,16,18-19H,15,17H2. The number of hydrogen-bond acceptors (Lipinski definition) is 0. The molecule has 0 unspecified atom stereocenters. The Bertz CT molecular complexity index is 2050. The lowest BCUT2D eigenvalue weighted by molar-refractivity contribution is 1.24. The van der Waals surface area contributed by atoms with Crippen LogP contribution in [0.1, 0.15) is 22.3 Å². The van der Waals surface area contributed by atoms with Gasteiger partial charge in [-0.15, -0.1) is 0 Å². The number of aromatic nitrogens is 1. The minimum atomic E-state index is 1.01. The van der Waals surface area contributed by atoms with Crippen LogP contribution in [0.3, 0.4) is 0 Å². The Morgan fingerprint density at radius 3 is 2.26 bits per heavy atom. The minimum Gasteiger partial charge on any atom is -0.309 e. The van der Waals surface area contributed by atoms with Gasteiger partial charge in [-0.2, -0.15) is 0 Å². The molecule has 0 fully saturated rings. The van der Waals surface area contributed by atoms with E-state index >= 15 is 0 Å². The second-order valence-electron chi connectivity index (χ2n) is 10.1. The van der Waals surface area contributed by atoms with E-state index in [1.807, 2.05) is 0 Å². The van der Waals surface area contributed by atoms with Crippen molar-refractivity contribution in [2.75, 3.05) is 0 Å². The SMILES string of the molecule is c1ccc2c(c1)Cc1ccc3c(c1-2)Cc1cc2c4ccccc4n4c5ccccc5cc4c2cc1-3. The van der Waals surface area contributed by atoms with Crippen LogP contribution in [0.25, 0.3) is 60.3 Å². The Hall–Kier alpha value is -4.36. The molecule has 0 saturated heterocycles. The molecule has 0 aliphatic heterocycles. The Morgan fingerprint density at radius 1 is 0.457 bits per heavy atom. The fourth-order valence-electron chi connectivity index (χ4n) is 6.91. The summed E-state index contributed by atoms with van der Waals surface area (Å²) in [6.07, 6.45) is 2.07. The fraction of sp³-hybridized carbons (Fsp3) is 0.0588. The van der Waals surface area contributed by atoms with E-state index in [-0.39, 0.29) is 0 Å². The highest BCUT2D eigenvalue weighted by Crippen LogP contribution is 2.49. The molecule has 1 nitrogen and oxygen atoms in total. The molecule has 0 atom stereocenters. The monoisotopic (exact) mass is 443 g/mol. The molecular weight excluding hydrogens is 422 g/mol. The van der Waals surface area contributed by atoms with Crippen molar-refractivity contribution in [3.05, 3.63) is 125 Å². The second-order valence-corrected chi connectivity index (χ2v) is 10.1. The van der Waals surface area contributed by atoms with Crippen molar-refractivity contribution in [3.8, 4) is 22.3 Å². The zero-order valence-electron chi connectivity index (χ0n) is 19.2. The molecule has 9 rings (SSSR count). The Kier molecular flexibility index (Phi) is 3.19.